The van der Waals surface area contributed by atoms with Crippen molar-refractivity contribution < 1.29 is 0 Å². The van der Waals surface area contributed by atoms with Crippen LogP contribution in [0.25, 0.3) is 0 Å². The van der Waals surface area contributed by atoms with Crippen molar-refractivity contribution in [3.8, 4) is 6.07 Å². The molecule has 0 aromatic carbocycles. The Morgan fingerprint density at radius 1 is 1.62 bits per heavy atom. The number of aromatic nitrogens is 2. The van der Waals surface area contributed by atoms with Crippen molar-refractivity contribution >= 4 is 11.6 Å². The molecule has 0 aliphatic carbocycles. The highest BCUT2D eigenvalue weighted by atomic mass is 35.5. The molecule has 0 aliphatic heterocycles. The topological polar surface area (TPSA) is 58.7 Å². The minimum atomic E-state index is -0.439. The molecule has 4 nitrogen and oxygen atoms in total. The second-order valence-corrected chi connectivity index (χ2v) is 4.75. The highest BCUT2D eigenvalue weighted by molar-refractivity contribution is 6.29. The summed E-state index contributed by atoms with van der Waals surface area (Å²) in [6.07, 6.45) is 0.605. The van der Waals surface area contributed by atoms with E-state index in [-0.39, 0.29) is 10.7 Å². The lowest BCUT2D eigenvalue weighted by Gasteiger charge is -2.16. The van der Waals surface area contributed by atoms with Crippen LogP contribution in [-0.4, -0.2) is 9.55 Å². The summed E-state index contributed by atoms with van der Waals surface area (Å²) in [5, 5.41) is 9.09. The van der Waals surface area contributed by atoms with Gasteiger partial charge in [0.05, 0.1) is 11.5 Å². The highest BCUT2D eigenvalue weighted by Crippen LogP contribution is 2.19. The number of aryl methyl sites for hydroxylation is 1. The van der Waals surface area contributed by atoms with Gasteiger partial charge in [-0.25, -0.2) is 4.98 Å². The van der Waals surface area contributed by atoms with E-state index in [1.807, 2.05) is 13.8 Å². The highest BCUT2D eigenvalue weighted by Gasteiger charge is 2.17. The number of rotatable bonds is 3. The molecule has 0 saturated carbocycles. The Hall–Kier alpha value is -1.34. The maximum atomic E-state index is 11.6. The van der Waals surface area contributed by atoms with E-state index in [0.29, 0.717) is 18.8 Å². The molecule has 0 spiro atoms. The van der Waals surface area contributed by atoms with E-state index < -0.39 is 5.41 Å². The quantitative estimate of drug-likeness (QED) is 0.760. The van der Waals surface area contributed by atoms with Gasteiger partial charge >= 0.3 is 0 Å². The maximum Gasteiger partial charge on any atom is 0.254 e. The molecule has 1 rings (SSSR count). The van der Waals surface area contributed by atoms with Gasteiger partial charge in [0.25, 0.3) is 5.56 Å². The zero-order valence-corrected chi connectivity index (χ0v) is 10.4. The van der Waals surface area contributed by atoms with E-state index in [0.717, 1.165) is 0 Å². The molecular weight excluding hydrogens is 226 g/mol. The third-order valence-electron chi connectivity index (χ3n) is 2.43. The summed E-state index contributed by atoms with van der Waals surface area (Å²) in [7, 11) is 0. The average molecular weight is 240 g/mol. The van der Waals surface area contributed by atoms with Crippen molar-refractivity contribution in [3.63, 3.8) is 0 Å². The van der Waals surface area contributed by atoms with Gasteiger partial charge in [0.15, 0.2) is 0 Å². The van der Waals surface area contributed by atoms with E-state index in [1.165, 1.54) is 10.6 Å². The van der Waals surface area contributed by atoms with Gasteiger partial charge in [-0.3, -0.25) is 9.36 Å². The Labute approximate surface area is 99.5 Å². The first-order valence-corrected chi connectivity index (χ1v) is 5.39. The van der Waals surface area contributed by atoms with E-state index >= 15 is 0 Å². The number of hydrogen-bond acceptors (Lipinski definition) is 3. The van der Waals surface area contributed by atoms with Crippen LogP contribution in [0.2, 0.25) is 5.15 Å². The van der Waals surface area contributed by atoms with Crippen LogP contribution in [0, 0.1) is 23.7 Å². The Morgan fingerprint density at radius 2 is 2.25 bits per heavy atom. The Bertz CT molecular complexity index is 485. The van der Waals surface area contributed by atoms with Crippen molar-refractivity contribution in [3.05, 3.63) is 27.4 Å². The van der Waals surface area contributed by atoms with Gasteiger partial charge in [-0.15, -0.1) is 0 Å². The van der Waals surface area contributed by atoms with Crippen LogP contribution >= 0.6 is 11.6 Å². The van der Waals surface area contributed by atoms with Crippen LogP contribution in [0.5, 0.6) is 0 Å². The maximum absolute atomic E-state index is 11.6. The summed E-state index contributed by atoms with van der Waals surface area (Å²) in [6.45, 7) is 5.90. The normalized spacial score (nSPS) is 11.2. The van der Waals surface area contributed by atoms with Crippen molar-refractivity contribution in [2.45, 2.75) is 33.7 Å². The van der Waals surface area contributed by atoms with Gasteiger partial charge in [0.1, 0.15) is 11.0 Å². The second-order valence-electron chi connectivity index (χ2n) is 4.36. The minimum absolute atomic E-state index is 0.175. The van der Waals surface area contributed by atoms with E-state index in [4.69, 9.17) is 16.9 Å². The largest absolute Gasteiger partial charge is 0.297 e. The number of nitrogens with zero attached hydrogens (tertiary/aromatic N) is 3. The SMILES string of the molecule is Cc1nc(Cl)cc(=O)n1CCC(C)(C)C#N. The molecule has 1 aromatic heterocycles. The lowest BCUT2D eigenvalue weighted by Crippen LogP contribution is -2.25. The van der Waals surface area contributed by atoms with Crippen LogP contribution < -0.4 is 5.56 Å². The third-order valence-corrected chi connectivity index (χ3v) is 2.62. The molecule has 1 heterocycles. The van der Waals surface area contributed by atoms with Crippen molar-refractivity contribution in [1.29, 1.82) is 5.26 Å². The molecular formula is C11H14ClN3O. The molecule has 0 fully saturated rings. The predicted octanol–water partition coefficient (Wildman–Crippen LogP) is 2.14. The molecule has 0 atom stereocenters. The van der Waals surface area contributed by atoms with E-state index in [2.05, 4.69) is 11.1 Å². The molecule has 0 amide bonds. The first-order valence-electron chi connectivity index (χ1n) is 5.01. The zero-order valence-electron chi connectivity index (χ0n) is 9.62. The number of halogens is 1. The lowest BCUT2D eigenvalue weighted by atomic mass is 9.91. The van der Waals surface area contributed by atoms with E-state index in [9.17, 15) is 4.79 Å². The molecule has 0 bridgehead atoms. The van der Waals surface area contributed by atoms with Crippen molar-refractivity contribution in [2.24, 2.45) is 5.41 Å². The average Bonchev–Trinajstić information content (AvgIpc) is 2.16. The molecule has 5 heteroatoms. The standard InChI is InChI=1S/C11H14ClN3O/c1-8-14-9(12)6-10(16)15(8)5-4-11(2,3)7-13/h6H,4-5H2,1-3H3. The summed E-state index contributed by atoms with van der Waals surface area (Å²) in [6, 6.07) is 3.49. The first-order chi connectivity index (χ1) is 7.35. The summed E-state index contributed by atoms with van der Waals surface area (Å²) in [4.78, 5) is 15.6. The molecule has 0 aliphatic rings. The molecule has 1 aromatic rings. The first kappa shape index (κ1) is 12.7. The predicted molar refractivity (Wildman–Crippen MR) is 62.3 cm³/mol. The number of nitriles is 1. The van der Waals surface area contributed by atoms with Gasteiger partial charge in [-0.1, -0.05) is 11.6 Å². The zero-order chi connectivity index (χ0) is 12.3. The third kappa shape index (κ3) is 3.07. The molecule has 0 saturated heterocycles. The fraction of sp³-hybridized carbons (Fsp3) is 0.545. The lowest BCUT2D eigenvalue weighted by molar-refractivity contribution is 0.404. The van der Waals surface area contributed by atoms with Crippen LogP contribution in [0.4, 0.5) is 0 Å². The van der Waals surface area contributed by atoms with Crippen molar-refractivity contribution in [1.82, 2.24) is 9.55 Å². The van der Waals surface area contributed by atoms with Gasteiger partial charge in [-0.2, -0.15) is 5.26 Å². The fourth-order valence-corrected chi connectivity index (χ4v) is 1.52. The monoisotopic (exact) mass is 239 g/mol. The molecule has 0 N–H and O–H groups in total. The van der Waals surface area contributed by atoms with Crippen LogP contribution in [0.3, 0.4) is 0 Å². The summed E-state index contributed by atoms with van der Waals surface area (Å²) in [5.41, 5.74) is -0.614. The molecule has 0 unspecified atom stereocenters. The Morgan fingerprint density at radius 3 is 2.75 bits per heavy atom. The Kier molecular flexibility index (Phi) is 3.71. The summed E-state index contributed by atoms with van der Waals surface area (Å²) in [5.74, 6) is 0.575. The summed E-state index contributed by atoms with van der Waals surface area (Å²) < 4.78 is 1.53. The smallest absolute Gasteiger partial charge is 0.254 e. The number of hydrogen-bond donors (Lipinski definition) is 0. The second kappa shape index (κ2) is 4.67. The van der Waals surface area contributed by atoms with Crippen LogP contribution in [0.15, 0.2) is 10.9 Å². The van der Waals surface area contributed by atoms with E-state index in [1.54, 1.807) is 6.92 Å². The molecule has 16 heavy (non-hydrogen) atoms. The minimum Gasteiger partial charge on any atom is -0.297 e. The molecule has 86 valence electrons. The molecule has 0 radical (unpaired) electrons. The van der Waals surface area contributed by atoms with Gasteiger partial charge in [0.2, 0.25) is 0 Å². The van der Waals surface area contributed by atoms with Crippen LogP contribution in [0.1, 0.15) is 26.1 Å². The van der Waals surface area contributed by atoms with Crippen molar-refractivity contribution in [2.75, 3.05) is 0 Å². The fourth-order valence-electron chi connectivity index (χ4n) is 1.31. The van der Waals surface area contributed by atoms with Gasteiger partial charge in [0, 0.05) is 12.6 Å². The van der Waals surface area contributed by atoms with Gasteiger partial charge in [-0.05, 0) is 27.2 Å². The van der Waals surface area contributed by atoms with Gasteiger partial charge < -0.3 is 0 Å². The van der Waals surface area contributed by atoms with Crippen LogP contribution in [-0.2, 0) is 6.54 Å². The Balaban J connectivity index is 2.92. The summed E-state index contributed by atoms with van der Waals surface area (Å²) >= 11 is 5.66.